The van der Waals surface area contributed by atoms with Crippen LogP contribution in [0.2, 0.25) is 0 Å². The van der Waals surface area contributed by atoms with Gasteiger partial charge in [-0.05, 0) is 56.4 Å². The normalized spacial score (nSPS) is 30.3. The van der Waals surface area contributed by atoms with Crippen molar-refractivity contribution in [3.8, 4) is 0 Å². The Kier molecular flexibility index (Phi) is 5.65. The number of nitrogens with zero attached hydrogens (tertiary/aromatic N) is 3. The molecule has 3 N–H and O–H groups in total. The standard InChI is InChI=1S/C24H27F3N4O4/c25-24(26,27)23(35)7-3-4-13(11-23)8-19(32)18-10-14-9-17(14)31(18)20(33)12-30-16-6-2-1-5-15(16)21(29-30)22(28)34/h1-2,5-6,13-14,17-18,35H,3-4,7-12H2,(H2,28,34)/t13?,14-,17-,18+,23?/m1/s1. The number of halogens is 3. The van der Waals surface area contributed by atoms with Crippen molar-refractivity contribution in [2.75, 3.05) is 0 Å². The van der Waals surface area contributed by atoms with E-state index in [1.807, 2.05) is 0 Å². The molecule has 0 spiro atoms. The molecule has 2 saturated carbocycles. The van der Waals surface area contributed by atoms with Gasteiger partial charge in [0.1, 0.15) is 6.54 Å². The number of benzene rings is 1. The van der Waals surface area contributed by atoms with E-state index in [-0.39, 0.29) is 55.2 Å². The van der Waals surface area contributed by atoms with Crippen LogP contribution in [0.4, 0.5) is 13.2 Å². The SMILES string of the molecule is NC(=O)c1nn(CC(=O)N2[C@@H]3C[C@@H]3C[C@H]2C(=O)CC2CCCC(O)(C(F)(F)F)C2)c2ccccc12. The maximum absolute atomic E-state index is 13.3. The maximum atomic E-state index is 13.3. The quantitative estimate of drug-likeness (QED) is 0.643. The molecule has 2 aliphatic carbocycles. The van der Waals surface area contributed by atoms with Crippen LogP contribution in [0.3, 0.4) is 0 Å². The number of hydrogen-bond acceptors (Lipinski definition) is 5. The first kappa shape index (κ1) is 23.8. The van der Waals surface area contributed by atoms with E-state index >= 15 is 0 Å². The number of carbonyl (C=O) groups excluding carboxylic acids is 3. The Morgan fingerprint density at radius 1 is 1.20 bits per heavy atom. The first-order chi connectivity index (χ1) is 16.5. The molecule has 5 atom stereocenters. The Hall–Kier alpha value is -2.95. The summed E-state index contributed by atoms with van der Waals surface area (Å²) in [6.07, 6.45) is -3.76. The molecule has 1 saturated heterocycles. The van der Waals surface area contributed by atoms with Crippen LogP contribution in [0.25, 0.3) is 10.9 Å². The highest BCUT2D eigenvalue weighted by Crippen LogP contribution is 2.49. The second kappa shape index (κ2) is 8.32. The van der Waals surface area contributed by atoms with E-state index in [1.54, 1.807) is 29.2 Å². The number of hydrogen-bond donors (Lipinski definition) is 2. The lowest BCUT2D eigenvalue weighted by Crippen LogP contribution is -2.49. The second-order valence-corrected chi connectivity index (χ2v) is 10.2. The van der Waals surface area contributed by atoms with Crippen LogP contribution < -0.4 is 5.73 Å². The second-order valence-electron chi connectivity index (χ2n) is 10.2. The smallest absolute Gasteiger partial charge is 0.380 e. The van der Waals surface area contributed by atoms with Crippen LogP contribution in [-0.4, -0.2) is 61.2 Å². The van der Waals surface area contributed by atoms with E-state index in [0.717, 1.165) is 6.42 Å². The van der Waals surface area contributed by atoms with Crippen molar-refractivity contribution in [3.05, 3.63) is 30.0 Å². The fourth-order valence-electron chi connectivity index (χ4n) is 5.96. The molecule has 35 heavy (non-hydrogen) atoms. The van der Waals surface area contributed by atoms with Crippen LogP contribution >= 0.6 is 0 Å². The number of aliphatic hydroxyl groups is 1. The highest BCUT2D eigenvalue weighted by atomic mass is 19.4. The Balaban J connectivity index is 1.31. The molecule has 1 aromatic carbocycles. The summed E-state index contributed by atoms with van der Waals surface area (Å²) in [6, 6.07) is 6.14. The topological polar surface area (TPSA) is 119 Å². The molecule has 2 aromatic rings. The number of fused-ring (bicyclic) bond motifs is 2. The third kappa shape index (κ3) is 4.19. The van der Waals surface area contributed by atoms with Crippen LogP contribution in [0, 0.1) is 11.8 Å². The first-order valence-electron chi connectivity index (χ1n) is 11.9. The van der Waals surface area contributed by atoms with Crippen molar-refractivity contribution in [2.45, 2.75) is 75.4 Å². The Morgan fingerprint density at radius 2 is 1.94 bits per heavy atom. The predicted molar refractivity (Wildman–Crippen MR) is 118 cm³/mol. The van der Waals surface area contributed by atoms with Gasteiger partial charge in [-0.1, -0.05) is 18.2 Å². The summed E-state index contributed by atoms with van der Waals surface area (Å²) >= 11 is 0. The number of rotatable bonds is 6. The van der Waals surface area contributed by atoms with Gasteiger partial charge in [-0.15, -0.1) is 0 Å². The zero-order valence-electron chi connectivity index (χ0n) is 19.0. The molecular weight excluding hydrogens is 465 g/mol. The van der Waals surface area contributed by atoms with E-state index < -0.39 is 36.1 Å². The number of ketones is 1. The van der Waals surface area contributed by atoms with Crippen LogP contribution in [0.1, 0.15) is 55.4 Å². The van der Waals surface area contributed by atoms with Gasteiger partial charge in [0.15, 0.2) is 17.1 Å². The summed E-state index contributed by atoms with van der Waals surface area (Å²) in [6.45, 7) is -0.182. The molecule has 5 rings (SSSR count). The summed E-state index contributed by atoms with van der Waals surface area (Å²) in [7, 11) is 0. The van der Waals surface area contributed by atoms with Gasteiger partial charge in [0.2, 0.25) is 5.91 Å². The number of para-hydroxylation sites is 1. The fourth-order valence-corrected chi connectivity index (χ4v) is 5.96. The van der Waals surface area contributed by atoms with Crippen LogP contribution in [0.15, 0.2) is 24.3 Å². The van der Waals surface area contributed by atoms with Gasteiger partial charge in [-0.2, -0.15) is 18.3 Å². The summed E-state index contributed by atoms with van der Waals surface area (Å²) in [4.78, 5) is 39.8. The molecule has 188 valence electrons. The van der Waals surface area contributed by atoms with Gasteiger partial charge in [0.05, 0.1) is 11.6 Å². The maximum Gasteiger partial charge on any atom is 0.417 e. The summed E-state index contributed by atoms with van der Waals surface area (Å²) < 4.78 is 41.3. The third-order valence-corrected chi connectivity index (χ3v) is 7.79. The molecule has 2 amide bonds. The van der Waals surface area contributed by atoms with E-state index in [1.165, 1.54) is 4.68 Å². The summed E-state index contributed by atoms with van der Waals surface area (Å²) in [5, 5.41) is 14.8. The molecule has 2 unspecified atom stereocenters. The van der Waals surface area contributed by atoms with Gasteiger partial charge in [-0.25, -0.2) is 0 Å². The van der Waals surface area contributed by atoms with Crippen LogP contribution in [0.5, 0.6) is 0 Å². The van der Waals surface area contributed by atoms with Gasteiger partial charge in [0, 0.05) is 17.8 Å². The Labute approximate surface area is 199 Å². The van der Waals surface area contributed by atoms with Crippen molar-refractivity contribution < 1.29 is 32.7 Å². The minimum atomic E-state index is -4.73. The molecule has 0 bridgehead atoms. The zero-order chi connectivity index (χ0) is 25.1. The first-order valence-corrected chi connectivity index (χ1v) is 11.9. The zero-order valence-corrected chi connectivity index (χ0v) is 19.0. The monoisotopic (exact) mass is 492 g/mol. The molecule has 1 aliphatic heterocycles. The highest BCUT2D eigenvalue weighted by molar-refractivity contribution is 6.04. The molecule has 2 heterocycles. The highest BCUT2D eigenvalue weighted by Gasteiger charge is 2.57. The number of nitrogens with two attached hydrogens (primary N) is 1. The molecule has 1 aromatic heterocycles. The molecule has 8 nitrogen and oxygen atoms in total. The van der Waals surface area contributed by atoms with Crippen molar-refractivity contribution in [2.24, 2.45) is 17.6 Å². The Morgan fingerprint density at radius 3 is 2.66 bits per heavy atom. The van der Waals surface area contributed by atoms with E-state index in [0.29, 0.717) is 23.7 Å². The lowest BCUT2D eigenvalue weighted by molar-refractivity contribution is -0.274. The number of piperidine rings is 1. The van der Waals surface area contributed by atoms with Gasteiger partial charge in [0.25, 0.3) is 5.91 Å². The number of carbonyl (C=O) groups is 3. The number of aromatic nitrogens is 2. The van der Waals surface area contributed by atoms with Gasteiger partial charge in [-0.3, -0.25) is 19.1 Å². The molecule has 0 radical (unpaired) electrons. The molecule has 11 heteroatoms. The lowest BCUT2D eigenvalue weighted by Gasteiger charge is -2.38. The molecule has 3 fully saturated rings. The summed E-state index contributed by atoms with van der Waals surface area (Å²) in [5.74, 6) is -1.67. The van der Waals surface area contributed by atoms with E-state index in [4.69, 9.17) is 5.73 Å². The van der Waals surface area contributed by atoms with Gasteiger partial charge < -0.3 is 15.7 Å². The average Bonchev–Trinajstić information content (AvgIpc) is 3.28. The fraction of sp³-hybridized carbons (Fsp3) is 0.583. The minimum absolute atomic E-state index is 0.0567. The molecular formula is C24H27F3N4O4. The molecule has 3 aliphatic rings. The number of likely N-dealkylation sites (tertiary alicyclic amines) is 1. The average molecular weight is 492 g/mol. The number of amides is 2. The summed E-state index contributed by atoms with van der Waals surface area (Å²) in [5.41, 5.74) is 3.29. The van der Waals surface area contributed by atoms with Crippen LogP contribution in [-0.2, 0) is 16.1 Å². The lowest BCUT2D eigenvalue weighted by atomic mass is 9.75. The third-order valence-electron chi connectivity index (χ3n) is 7.79. The largest absolute Gasteiger partial charge is 0.417 e. The van der Waals surface area contributed by atoms with Crippen molar-refractivity contribution >= 4 is 28.5 Å². The Bertz CT molecular complexity index is 1200. The van der Waals surface area contributed by atoms with Crippen molar-refractivity contribution in [1.29, 1.82) is 0 Å². The number of primary amides is 1. The van der Waals surface area contributed by atoms with E-state index in [9.17, 15) is 32.7 Å². The predicted octanol–water partition coefficient (Wildman–Crippen LogP) is 2.57. The minimum Gasteiger partial charge on any atom is -0.380 e. The van der Waals surface area contributed by atoms with Gasteiger partial charge >= 0.3 is 6.18 Å². The number of Topliss-reactive ketones (excluding diaryl/α,β-unsaturated/α-hetero) is 1. The van der Waals surface area contributed by atoms with Crippen molar-refractivity contribution in [1.82, 2.24) is 14.7 Å². The van der Waals surface area contributed by atoms with Crippen molar-refractivity contribution in [3.63, 3.8) is 0 Å². The van der Waals surface area contributed by atoms with E-state index in [2.05, 4.69) is 5.10 Å². The number of alkyl halides is 3.